The van der Waals surface area contributed by atoms with Crippen LogP contribution in [0.5, 0.6) is 23.0 Å². The average molecular weight is 326 g/mol. The van der Waals surface area contributed by atoms with Crippen LogP contribution in [0.4, 0.5) is 5.69 Å². The number of allylic oxidation sites excluding steroid dienone is 2. The van der Waals surface area contributed by atoms with E-state index in [-0.39, 0.29) is 11.4 Å². The maximum atomic E-state index is 9.75. The number of ether oxygens (including phenoxy) is 2. The summed E-state index contributed by atoms with van der Waals surface area (Å²) in [5, 5.41) is 19.4. The summed E-state index contributed by atoms with van der Waals surface area (Å²) in [6.07, 6.45) is 2.94. The molecule has 0 heterocycles. The summed E-state index contributed by atoms with van der Waals surface area (Å²) in [6.45, 7) is 0. The Balaban J connectivity index is 1.73. The van der Waals surface area contributed by atoms with E-state index >= 15 is 0 Å². The lowest BCUT2D eigenvalue weighted by atomic mass is 10.1. The number of phenolic OH excluding ortho intramolecular Hbond substituents is 1. The highest BCUT2D eigenvalue weighted by Crippen LogP contribution is 2.31. The van der Waals surface area contributed by atoms with Gasteiger partial charge in [-0.15, -0.1) is 0 Å². The Labute approximate surface area is 139 Å². The minimum Gasteiger partial charge on any atom is -0.506 e. The van der Waals surface area contributed by atoms with Gasteiger partial charge in [0.15, 0.2) is 0 Å². The maximum absolute atomic E-state index is 9.75. The zero-order valence-electron chi connectivity index (χ0n) is 12.8. The number of rotatable bonds is 4. The smallest absolute Gasteiger partial charge is 0.142 e. The average Bonchev–Trinajstić information content (AvgIpc) is 2.55. The van der Waals surface area contributed by atoms with E-state index in [2.05, 4.69) is 0 Å². The van der Waals surface area contributed by atoms with Crippen LogP contribution >= 0.6 is 0 Å². The topological polar surface area (TPSA) is 111 Å². The molecule has 0 saturated heterocycles. The summed E-state index contributed by atoms with van der Waals surface area (Å²) in [7, 11) is 0. The van der Waals surface area contributed by atoms with E-state index in [4.69, 9.17) is 20.9 Å². The Hall–Kier alpha value is -3.12. The molecule has 1 aliphatic rings. The Morgan fingerprint density at radius 1 is 0.917 bits per heavy atom. The molecule has 0 aliphatic heterocycles. The second kappa shape index (κ2) is 6.55. The van der Waals surface area contributed by atoms with Crippen molar-refractivity contribution < 1.29 is 19.7 Å². The van der Waals surface area contributed by atoms with E-state index in [1.54, 1.807) is 48.6 Å². The molecule has 124 valence electrons. The van der Waals surface area contributed by atoms with Crippen LogP contribution in [-0.4, -0.2) is 16.3 Å². The third kappa shape index (κ3) is 3.61. The number of nitrogen functional groups attached to an aromatic ring is 1. The van der Waals surface area contributed by atoms with Gasteiger partial charge in [0.05, 0.1) is 5.69 Å². The molecule has 24 heavy (non-hydrogen) atoms. The Morgan fingerprint density at radius 2 is 1.62 bits per heavy atom. The minimum atomic E-state index is -0.734. The molecular weight excluding hydrogens is 308 g/mol. The molecule has 0 radical (unpaired) electrons. The van der Waals surface area contributed by atoms with Gasteiger partial charge >= 0.3 is 0 Å². The molecule has 0 saturated carbocycles. The van der Waals surface area contributed by atoms with Crippen molar-refractivity contribution in [3.8, 4) is 23.0 Å². The number of anilines is 1. The number of hydrogen-bond donors (Lipinski definition) is 4. The Kier molecular flexibility index (Phi) is 4.31. The predicted octanol–water partition coefficient (Wildman–Crippen LogP) is 2.64. The number of aromatic hydroxyl groups is 1. The third-order valence-electron chi connectivity index (χ3n) is 3.53. The number of phenols is 1. The van der Waals surface area contributed by atoms with Gasteiger partial charge in [-0.25, -0.2) is 0 Å². The van der Waals surface area contributed by atoms with Crippen molar-refractivity contribution in [3.05, 3.63) is 66.1 Å². The summed E-state index contributed by atoms with van der Waals surface area (Å²) in [6, 6.07) is 11.7. The van der Waals surface area contributed by atoms with E-state index in [0.29, 0.717) is 35.1 Å². The van der Waals surface area contributed by atoms with Crippen LogP contribution in [0, 0.1) is 0 Å². The van der Waals surface area contributed by atoms with Crippen LogP contribution in [0.2, 0.25) is 0 Å². The predicted molar refractivity (Wildman–Crippen MR) is 90.6 cm³/mol. The van der Waals surface area contributed by atoms with Crippen molar-refractivity contribution in [2.45, 2.75) is 12.5 Å². The quantitative estimate of drug-likeness (QED) is 0.508. The fourth-order valence-corrected chi connectivity index (χ4v) is 2.23. The molecule has 2 aromatic carbocycles. The van der Waals surface area contributed by atoms with Crippen LogP contribution in [-0.2, 0) is 0 Å². The van der Waals surface area contributed by atoms with Crippen LogP contribution in [0.3, 0.4) is 0 Å². The molecule has 1 unspecified atom stereocenters. The largest absolute Gasteiger partial charge is 0.506 e. The van der Waals surface area contributed by atoms with Gasteiger partial charge in [-0.1, -0.05) is 6.07 Å². The lowest BCUT2D eigenvalue weighted by Crippen LogP contribution is -2.21. The summed E-state index contributed by atoms with van der Waals surface area (Å²) in [5.41, 5.74) is 11.9. The van der Waals surface area contributed by atoms with Gasteiger partial charge in [0.25, 0.3) is 0 Å². The normalized spacial score (nSPS) is 17.0. The van der Waals surface area contributed by atoms with Crippen molar-refractivity contribution >= 4 is 5.69 Å². The summed E-state index contributed by atoms with van der Waals surface area (Å²) >= 11 is 0. The first-order chi connectivity index (χ1) is 11.5. The monoisotopic (exact) mass is 326 g/mol. The highest BCUT2D eigenvalue weighted by Gasteiger charge is 2.16. The van der Waals surface area contributed by atoms with E-state index in [9.17, 15) is 10.2 Å². The molecule has 1 aliphatic carbocycles. The Morgan fingerprint density at radius 3 is 2.33 bits per heavy atom. The van der Waals surface area contributed by atoms with E-state index in [1.807, 2.05) is 0 Å². The van der Waals surface area contributed by atoms with Crippen LogP contribution in [0.25, 0.3) is 0 Å². The fourth-order valence-electron chi connectivity index (χ4n) is 2.23. The fraction of sp³-hybridized carbons (Fsp3) is 0.111. The van der Waals surface area contributed by atoms with Crippen molar-refractivity contribution in [3.63, 3.8) is 0 Å². The first-order valence-corrected chi connectivity index (χ1v) is 7.40. The van der Waals surface area contributed by atoms with Crippen molar-refractivity contribution in [1.82, 2.24) is 0 Å². The molecule has 0 amide bonds. The molecule has 3 rings (SSSR count). The summed E-state index contributed by atoms with van der Waals surface area (Å²) < 4.78 is 11.4. The highest BCUT2D eigenvalue weighted by atomic mass is 16.5. The SMILES string of the molecule is NC1=CC=C(Oc2cccc(Oc3ccc(N)c(O)c3)c2)CC1O. The number of nitrogens with two attached hydrogens (primary N) is 2. The van der Waals surface area contributed by atoms with Crippen molar-refractivity contribution in [2.75, 3.05) is 5.73 Å². The maximum Gasteiger partial charge on any atom is 0.142 e. The molecule has 0 spiro atoms. The van der Waals surface area contributed by atoms with E-state index in [1.165, 1.54) is 6.07 Å². The van der Waals surface area contributed by atoms with Gasteiger partial charge in [-0.2, -0.15) is 0 Å². The van der Waals surface area contributed by atoms with Crippen molar-refractivity contribution in [1.29, 1.82) is 0 Å². The number of aliphatic hydroxyl groups excluding tert-OH is 1. The third-order valence-corrected chi connectivity index (χ3v) is 3.53. The lowest BCUT2D eigenvalue weighted by molar-refractivity contribution is 0.190. The molecule has 6 N–H and O–H groups in total. The van der Waals surface area contributed by atoms with Gasteiger partial charge < -0.3 is 31.2 Å². The van der Waals surface area contributed by atoms with Gasteiger partial charge in [0.2, 0.25) is 0 Å². The second-order valence-electron chi connectivity index (χ2n) is 5.42. The molecule has 6 nitrogen and oxygen atoms in total. The molecular formula is C18H18N2O4. The minimum absolute atomic E-state index is 0.0365. The van der Waals surface area contributed by atoms with Crippen LogP contribution < -0.4 is 20.9 Å². The number of benzene rings is 2. The standard InChI is InChI=1S/C18H18N2O4/c19-15-6-4-13(9-17(15)21)23-11-2-1-3-12(8-11)24-14-5-7-16(20)18(22)10-14/h1-9,18,21-22H,10,19-20H2. The molecule has 0 fully saturated rings. The van der Waals surface area contributed by atoms with Crippen LogP contribution in [0.15, 0.2) is 66.1 Å². The van der Waals surface area contributed by atoms with Gasteiger partial charge in [-0.05, 0) is 36.4 Å². The summed E-state index contributed by atoms with van der Waals surface area (Å²) in [5.74, 6) is 2.15. The van der Waals surface area contributed by atoms with Crippen LogP contribution in [0.1, 0.15) is 6.42 Å². The molecule has 6 heteroatoms. The molecule has 0 bridgehead atoms. The Bertz CT molecular complexity index is 814. The zero-order chi connectivity index (χ0) is 17.1. The summed E-state index contributed by atoms with van der Waals surface area (Å²) in [4.78, 5) is 0. The first-order valence-electron chi connectivity index (χ1n) is 7.40. The molecule has 2 aromatic rings. The van der Waals surface area contributed by atoms with E-state index in [0.717, 1.165) is 0 Å². The highest BCUT2D eigenvalue weighted by molar-refractivity contribution is 5.55. The molecule has 0 aromatic heterocycles. The van der Waals surface area contributed by atoms with Gasteiger partial charge in [0, 0.05) is 24.3 Å². The first kappa shape index (κ1) is 15.8. The zero-order valence-corrected chi connectivity index (χ0v) is 12.8. The van der Waals surface area contributed by atoms with Crippen molar-refractivity contribution in [2.24, 2.45) is 5.73 Å². The van der Waals surface area contributed by atoms with Gasteiger partial charge in [0.1, 0.15) is 34.9 Å². The number of hydrogen-bond acceptors (Lipinski definition) is 6. The lowest BCUT2D eigenvalue weighted by Gasteiger charge is -2.18. The molecule has 1 atom stereocenters. The number of aliphatic hydroxyl groups is 1. The van der Waals surface area contributed by atoms with E-state index < -0.39 is 6.10 Å². The second-order valence-corrected chi connectivity index (χ2v) is 5.42. The van der Waals surface area contributed by atoms with Gasteiger partial charge in [-0.3, -0.25) is 0 Å².